The van der Waals surface area contributed by atoms with Crippen LogP contribution >= 0.6 is 0 Å². The van der Waals surface area contributed by atoms with Crippen molar-refractivity contribution in [2.75, 3.05) is 6.54 Å². The molecule has 0 radical (unpaired) electrons. The van der Waals surface area contributed by atoms with E-state index in [1.54, 1.807) is 5.01 Å². The van der Waals surface area contributed by atoms with E-state index in [1.165, 1.54) is 11.1 Å². The SMILES string of the molecule is O=NN1CCc2ccccc2[C@@H]1c1ccccc1. The Morgan fingerprint density at radius 3 is 2.50 bits per heavy atom. The molecule has 0 N–H and O–H groups in total. The highest BCUT2D eigenvalue weighted by Gasteiger charge is 2.28. The number of nitrogens with zero attached hydrogens (tertiary/aromatic N) is 2. The van der Waals surface area contributed by atoms with Gasteiger partial charge in [-0.05, 0) is 23.1 Å². The summed E-state index contributed by atoms with van der Waals surface area (Å²) in [6.07, 6.45) is 0.880. The second-order valence-corrected chi connectivity index (χ2v) is 4.51. The van der Waals surface area contributed by atoms with Crippen LogP contribution in [0.25, 0.3) is 0 Å². The second-order valence-electron chi connectivity index (χ2n) is 4.51. The van der Waals surface area contributed by atoms with Gasteiger partial charge >= 0.3 is 0 Å². The first kappa shape index (κ1) is 11.0. The van der Waals surface area contributed by atoms with Gasteiger partial charge in [0.2, 0.25) is 0 Å². The van der Waals surface area contributed by atoms with E-state index >= 15 is 0 Å². The fraction of sp³-hybridized carbons (Fsp3) is 0.200. The van der Waals surface area contributed by atoms with Gasteiger partial charge in [0.1, 0.15) is 6.04 Å². The summed E-state index contributed by atoms with van der Waals surface area (Å²) >= 11 is 0. The highest BCUT2D eigenvalue weighted by Crippen LogP contribution is 2.34. The summed E-state index contributed by atoms with van der Waals surface area (Å²) in [5, 5.41) is 4.82. The van der Waals surface area contributed by atoms with Gasteiger partial charge in [0.05, 0.1) is 5.29 Å². The Labute approximate surface area is 106 Å². The summed E-state index contributed by atoms with van der Waals surface area (Å²) in [6, 6.07) is 18.3. The summed E-state index contributed by atoms with van der Waals surface area (Å²) in [7, 11) is 0. The van der Waals surface area contributed by atoms with Crippen molar-refractivity contribution < 1.29 is 0 Å². The Morgan fingerprint density at radius 1 is 1.00 bits per heavy atom. The number of benzene rings is 2. The molecule has 1 aliphatic rings. The molecule has 90 valence electrons. The smallest absolute Gasteiger partial charge is 0.100 e. The largest absolute Gasteiger partial charge is 0.249 e. The van der Waals surface area contributed by atoms with Crippen molar-refractivity contribution in [2.45, 2.75) is 12.5 Å². The maximum atomic E-state index is 11.0. The van der Waals surface area contributed by atoms with Crippen molar-refractivity contribution in [1.82, 2.24) is 5.01 Å². The van der Waals surface area contributed by atoms with Crippen LogP contribution in [-0.2, 0) is 6.42 Å². The molecule has 0 fully saturated rings. The molecule has 0 saturated heterocycles. The van der Waals surface area contributed by atoms with Crippen molar-refractivity contribution in [3.8, 4) is 0 Å². The van der Waals surface area contributed by atoms with Crippen LogP contribution in [0.4, 0.5) is 0 Å². The maximum Gasteiger partial charge on any atom is 0.100 e. The predicted octanol–water partition coefficient (Wildman–Crippen LogP) is 3.32. The molecule has 18 heavy (non-hydrogen) atoms. The van der Waals surface area contributed by atoms with Gasteiger partial charge in [-0.2, -0.15) is 0 Å². The number of fused-ring (bicyclic) bond motifs is 1. The van der Waals surface area contributed by atoms with Gasteiger partial charge in [-0.25, -0.2) is 5.01 Å². The van der Waals surface area contributed by atoms with Crippen molar-refractivity contribution >= 4 is 0 Å². The van der Waals surface area contributed by atoms with Gasteiger partial charge in [0.25, 0.3) is 0 Å². The van der Waals surface area contributed by atoms with Crippen molar-refractivity contribution in [2.24, 2.45) is 5.29 Å². The molecule has 0 spiro atoms. The van der Waals surface area contributed by atoms with E-state index in [2.05, 4.69) is 17.4 Å². The molecule has 1 atom stereocenters. The van der Waals surface area contributed by atoms with Crippen molar-refractivity contribution in [3.63, 3.8) is 0 Å². The molecular formula is C15H14N2O. The Kier molecular flexibility index (Phi) is 2.81. The minimum atomic E-state index is -0.0475. The van der Waals surface area contributed by atoms with Gasteiger partial charge in [-0.3, -0.25) is 0 Å². The number of hydrogen-bond donors (Lipinski definition) is 0. The number of nitroso groups, excluding NO2 is 1. The van der Waals surface area contributed by atoms with Gasteiger partial charge < -0.3 is 0 Å². The fourth-order valence-corrected chi connectivity index (χ4v) is 2.63. The Morgan fingerprint density at radius 2 is 1.72 bits per heavy atom. The molecule has 0 unspecified atom stereocenters. The van der Waals surface area contributed by atoms with Crippen LogP contribution in [0.5, 0.6) is 0 Å². The lowest BCUT2D eigenvalue weighted by molar-refractivity contribution is 0.220. The zero-order valence-corrected chi connectivity index (χ0v) is 9.99. The van der Waals surface area contributed by atoms with Crippen LogP contribution in [0, 0.1) is 4.91 Å². The van der Waals surface area contributed by atoms with E-state index in [9.17, 15) is 4.91 Å². The van der Waals surface area contributed by atoms with Crippen LogP contribution in [0.15, 0.2) is 59.9 Å². The highest BCUT2D eigenvalue weighted by atomic mass is 16.3. The van der Waals surface area contributed by atoms with Crippen molar-refractivity contribution in [1.29, 1.82) is 0 Å². The Hall–Kier alpha value is -2.16. The molecule has 2 aromatic rings. The van der Waals surface area contributed by atoms with Gasteiger partial charge in [-0.15, -0.1) is 4.91 Å². The molecule has 3 heteroatoms. The van der Waals surface area contributed by atoms with Crippen LogP contribution in [0.2, 0.25) is 0 Å². The normalized spacial score (nSPS) is 18.2. The van der Waals surface area contributed by atoms with Gasteiger partial charge in [0.15, 0.2) is 0 Å². The van der Waals surface area contributed by atoms with Crippen molar-refractivity contribution in [3.05, 3.63) is 76.2 Å². The molecule has 0 amide bonds. The molecule has 2 aromatic carbocycles. The van der Waals surface area contributed by atoms with E-state index in [0.29, 0.717) is 6.54 Å². The zero-order chi connectivity index (χ0) is 12.4. The zero-order valence-electron chi connectivity index (χ0n) is 9.99. The van der Waals surface area contributed by atoms with Gasteiger partial charge in [0, 0.05) is 6.54 Å². The third kappa shape index (κ3) is 1.78. The molecule has 0 saturated carbocycles. The van der Waals surface area contributed by atoms with E-state index in [1.807, 2.05) is 42.5 Å². The van der Waals surface area contributed by atoms with E-state index in [0.717, 1.165) is 12.0 Å². The lowest BCUT2D eigenvalue weighted by atomic mass is 9.89. The summed E-state index contributed by atoms with van der Waals surface area (Å²) in [5.41, 5.74) is 3.62. The maximum absolute atomic E-state index is 11.0. The third-order valence-electron chi connectivity index (χ3n) is 3.48. The molecule has 1 heterocycles. The first-order valence-electron chi connectivity index (χ1n) is 6.13. The highest BCUT2D eigenvalue weighted by molar-refractivity contribution is 5.39. The fourth-order valence-electron chi connectivity index (χ4n) is 2.63. The van der Waals surface area contributed by atoms with Crippen LogP contribution in [0.3, 0.4) is 0 Å². The molecule has 0 aliphatic carbocycles. The number of hydrogen-bond acceptors (Lipinski definition) is 2. The summed E-state index contributed by atoms with van der Waals surface area (Å²) < 4.78 is 0. The van der Waals surface area contributed by atoms with E-state index < -0.39 is 0 Å². The van der Waals surface area contributed by atoms with E-state index in [4.69, 9.17) is 0 Å². The van der Waals surface area contributed by atoms with Crippen LogP contribution in [0.1, 0.15) is 22.7 Å². The summed E-state index contributed by atoms with van der Waals surface area (Å²) in [4.78, 5) is 11.0. The molecule has 3 rings (SSSR count). The number of rotatable bonds is 2. The minimum Gasteiger partial charge on any atom is -0.249 e. The average molecular weight is 238 g/mol. The van der Waals surface area contributed by atoms with Gasteiger partial charge in [-0.1, -0.05) is 54.6 Å². The lowest BCUT2D eigenvalue weighted by Gasteiger charge is -2.33. The Bertz CT molecular complexity index is 553. The molecular weight excluding hydrogens is 224 g/mol. The third-order valence-corrected chi connectivity index (χ3v) is 3.48. The lowest BCUT2D eigenvalue weighted by Crippen LogP contribution is -2.31. The minimum absolute atomic E-state index is 0.0475. The monoisotopic (exact) mass is 238 g/mol. The first-order chi connectivity index (χ1) is 8.90. The first-order valence-corrected chi connectivity index (χ1v) is 6.13. The topological polar surface area (TPSA) is 32.7 Å². The molecule has 0 aromatic heterocycles. The van der Waals surface area contributed by atoms with Crippen LogP contribution in [-0.4, -0.2) is 11.6 Å². The van der Waals surface area contributed by atoms with E-state index in [-0.39, 0.29) is 6.04 Å². The van der Waals surface area contributed by atoms with Crippen LogP contribution < -0.4 is 0 Å². The Balaban J connectivity index is 2.12. The summed E-state index contributed by atoms with van der Waals surface area (Å²) in [5.74, 6) is 0. The predicted molar refractivity (Wildman–Crippen MR) is 70.9 cm³/mol. The quantitative estimate of drug-likeness (QED) is 0.752. The molecule has 0 bridgehead atoms. The summed E-state index contributed by atoms with van der Waals surface area (Å²) in [6.45, 7) is 0.681. The molecule has 1 aliphatic heterocycles. The molecule has 3 nitrogen and oxygen atoms in total. The average Bonchev–Trinajstić information content (AvgIpc) is 2.47. The second kappa shape index (κ2) is 4.61. The standard InChI is InChI=1S/C15H14N2O/c18-16-17-11-10-12-6-4-5-9-14(12)15(17)13-7-2-1-3-8-13/h1-9,15H,10-11H2/t15-/m0/s1.